The Kier molecular flexibility index (Phi) is 4.38. The molecule has 7 nitrogen and oxygen atoms in total. The number of carbonyl (C=O) groups excluding carboxylic acids is 2. The smallest absolute Gasteiger partial charge is 0.237 e. The molecule has 3 aromatic rings. The van der Waals surface area contributed by atoms with Gasteiger partial charge in [0.1, 0.15) is 5.41 Å². The van der Waals surface area contributed by atoms with Crippen LogP contribution in [0.5, 0.6) is 0 Å². The fraction of sp³-hybridized carbons (Fsp3) is 0.304. The molecule has 2 aromatic heterocycles. The summed E-state index contributed by atoms with van der Waals surface area (Å²) in [6.45, 7) is 3.02. The molecule has 7 heteroatoms. The van der Waals surface area contributed by atoms with Crippen molar-refractivity contribution in [3.05, 3.63) is 77.9 Å². The van der Waals surface area contributed by atoms with Crippen LogP contribution in [0, 0.1) is 6.92 Å². The van der Waals surface area contributed by atoms with Crippen molar-refractivity contribution in [2.75, 3.05) is 11.9 Å². The maximum Gasteiger partial charge on any atom is 0.237 e. The highest BCUT2D eigenvalue weighted by molar-refractivity contribution is 6.07. The first-order chi connectivity index (χ1) is 14.6. The number of carbonyl (C=O) groups is 2. The van der Waals surface area contributed by atoms with Crippen molar-refractivity contribution in [2.24, 2.45) is 0 Å². The molecule has 1 spiro atoms. The molecule has 30 heavy (non-hydrogen) atoms. The fourth-order valence-corrected chi connectivity index (χ4v) is 4.93. The molecule has 4 heterocycles. The number of para-hydroxylation sites is 1. The van der Waals surface area contributed by atoms with Gasteiger partial charge in [0.2, 0.25) is 11.8 Å². The lowest BCUT2D eigenvalue weighted by molar-refractivity contribution is -0.133. The summed E-state index contributed by atoms with van der Waals surface area (Å²) in [6.07, 6.45) is 6.13. The summed E-state index contributed by atoms with van der Waals surface area (Å²) in [4.78, 5) is 32.8. The third kappa shape index (κ3) is 2.73. The van der Waals surface area contributed by atoms with Crippen LogP contribution in [0.4, 0.5) is 5.69 Å². The molecule has 2 aliphatic rings. The van der Waals surface area contributed by atoms with Gasteiger partial charge in [-0.1, -0.05) is 24.3 Å². The van der Waals surface area contributed by atoms with Gasteiger partial charge in [0.25, 0.3) is 0 Å². The van der Waals surface area contributed by atoms with E-state index in [0.717, 1.165) is 22.5 Å². The lowest BCUT2D eigenvalue weighted by atomic mass is 9.73. The van der Waals surface area contributed by atoms with Crippen LogP contribution >= 0.6 is 0 Å². The van der Waals surface area contributed by atoms with E-state index in [1.165, 1.54) is 0 Å². The number of amides is 2. The fourth-order valence-electron chi connectivity index (χ4n) is 4.93. The van der Waals surface area contributed by atoms with E-state index in [1.807, 2.05) is 59.0 Å². The molecule has 2 amide bonds. The number of rotatable bonds is 4. The molecule has 1 N–H and O–H groups in total. The van der Waals surface area contributed by atoms with E-state index in [-0.39, 0.29) is 17.9 Å². The maximum absolute atomic E-state index is 13.3. The maximum atomic E-state index is 13.3. The Morgan fingerprint density at radius 1 is 1.20 bits per heavy atom. The van der Waals surface area contributed by atoms with Crippen molar-refractivity contribution in [3.8, 4) is 0 Å². The average molecular weight is 401 g/mol. The molecule has 1 saturated heterocycles. The van der Waals surface area contributed by atoms with Crippen LogP contribution < -0.4 is 5.32 Å². The standard InChI is InChI=1S/C23H23N5O2/c1-16-8-12-25-28(16)13-9-20(29)27-14-10-23(21(27)17-5-4-11-24-15-17)18-6-2-3-7-19(18)26-22(23)30/h2-8,11-12,15,21H,9-10,13-14H2,1H3,(H,26,30). The summed E-state index contributed by atoms with van der Waals surface area (Å²) in [5, 5.41) is 7.32. The first kappa shape index (κ1) is 18.5. The average Bonchev–Trinajstić information content (AvgIpc) is 3.44. The second kappa shape index (κ2) is 7.09. The SMILES string of the molecule is Cc1ccnn1CCC(=O)N1CCC2(C(=O)Nc3ccccc32)C1c1cccnc1. The largest absolute Gasteiger partial charge is 0.334 e. The predicted octanol–water partition coefficient (Wildman–Crippen LogP) is 2.84. The van der Waals surface area contributed by atoms with Crippen molar-refractivity contribution in [2.45, 2.75) is 37.8 Å². The van der Waals surface area contributed by atoms with Crippen LogP contribution in [-0.2, 0) is 21.5 Å². The summed E-state index contributed by atoms with van der Waals surface area (Å²) in [5.41, 5.74) is 2.90. The monoisotopic (exact) mass is 401 g/mol. The molecule has 2 unspecified atom stereocenters. The molecule has 2 atom stereocenters. The third-order valence-corrected chi connectivity index (χ3v) is 6.37. The third-order valence-electron chi connectivity index (χ3n) is 6.37. The van der Waals surface area contributed by atoms with Gasteiger partial charge >= 0.3 is 0 Å². The van der Waals surface area contributed by atoms with E-state index in [2.05, 4.69) is 15.4 Å². The van der Waals surface area contributed by atoms with E-state index in [0.29, 0.717) is 25.9 Å². The molecular formula is C23H23N5O2. The molecule has 2 aliphatic heterocycles. The second-order valence-electron chi connectivity index (χ2n) is 7.94. The lowest BCUT2D eigenvalue weighted by Crippen LogP contribution is -2.42. The van der Waals surface area contributed by atoms with Gasteiger partial charge in [0, 0.05) is 49.5 Å². The van der Waals surface area contributed by atoms with E-state index in [9.17, 15) is 9.59 Å². The molecule has 0 radical (unpaired) electrons. The lowest BCUT2D eigenvalue weighted by Gasteiger charge is -2.34. The van der Waals surface area contributed by atoms with Crippen LogP contribution in [0.25, 0.3) is 0 Å². The van der Waals surface area contributed by atoms with Gasteiger partial charge in [0.05, 0.1) is 6.04 Å². The van der Waals surface area contributed by atoms with Gasteiger partial charge in [-0.3, -0.25) is 19.3 Å². The highest BCUT2D eigenvalue weighted by Crippen LogP contribution is 2.54. The van der Waals surface area contributed by atoms with Gasteiger partial charge in [-0.2, -0.15) is 5.10 Å². The number of hydrogen-bond acceptors (Lipinski definition) is 4. The van der Waals surface area contributed by atoms with E-state index in [1.54, 1.807) is 18.6 Å². The zero-order valence-electron chi connectivity index (χ0n) is 16.8. The van der Waals surface area contributed by atoms with Gasteiger partial charge in [-0.05, 0) is 42.7 Å². The Balaban J connectivity index is 1.52. The van der Waals surface area contributed by atoms with Gasteiger partial charge < -0.3 is 10.2 Å². The predicted molar refractivity (Wildman–Crippen MR) is 112 cm³/mol. The van der Waals surface area contributed by atoms with Crippen molar-refractivity contribution in [1.82, 2.24) is 19.7 Å². The highest BCUT2D eigenvalue weighted by atomic mass is 16.2. The first-order valence-electron chi connectivity index (χ1n) is 10.2. The van der Waals surface area contributed by atoms with Crippen molar-refractivity contribution in [1.29, 1.82) is 0 Å². The number of likely N-dealkylation sites (tertiary alicyclic amines) is 1. The highest BCUT2D eigenvalue weighted by Gasteiger charge is 2.59. The summed E-state index contributed by atoms with van der Waals surface area (Å²) in [7, 11) is 0. The van der Waals surface area contributed by atoms with Crippen molar-refractivity contribution < 1.29 is 9.59 Å². The van der Waals surface area contributed by atoms with E-state index < -0.39 is 5.41 Å². The molecule has 152 valence electrons. The number of nitrogens with one attached hydrogen (secondary N) is 1. The van der Waals surface area contributed by atoms with Gasteiger partial charge in [-0.25, -0.2) is 0 Å². The Labute approximate surface area is 174 Å². The normalized spacial score (nSPS) is 22.4. The molecule has 5 rings (SSSR count). The number of aryl methyl sites for hydroxylation is 2. The number of anilines is 1. The Morgan fingerprint density at radius 3 is 2.83 bits per heavy atom. The molecule has 1 fully saturated rings. The Morgan fingerprint density at radius 2 is 2.07 bits per heavy atom. The summed E-state index contributed by atoms with van der Waals surface area (Å²) >= 11 is 0. The number of nitrogens with zero attached hydrogens (tertiary/aromatic N) is 4. The molecule has 1 aromatic carbocycles. The number of pyridine rings is 1. The minimum atomic E-state index is -0.795. The minimum absolute atomic E-state index is 0.0211. The van der Waals surface area contributed by atoms with E-state index >= 15 is 0 Å². The first-order valence-corrected chi connectivity index (χ1v) is 10.2. The zero-order valence-corrected chi connectivity index (χ0v) is 16.8. The second-order valence-corrected chi connectivity index (χ2v) is 7.94. The Bertz CT molecular complexity index is 1110. The molecule has 0 aliphatic carbocycles. The van der Waals surface area contributed by atoms with Crippen molar-refractivity contribution in [3.63, 3.8) is 0 Å². The van der Waals surface area contributed by atoms with Crippen LogP contribution in [0.3, 0.4) is 0 Å². The van der Waals surface area contributed by atoms with Crippen LogP contribution in [0.1, 0.15) is 35.7 Å². The summed E-state index contributed by atoms with van der Waals surface area (Å²) in [6, 6.07) is 13.1. The molecular weight excluding hydrogens is 378 g/mol. The summed E-state index contributed by atoms with van der Waals surface area (Å²) < 4.78 is 1.83. The summed E-state index contributed by atoms with van der Waals surface area (Å²) in [5.74, 6) is -0.0245. The molecule has 0 bridgehead atoms. The van der Waals surface area contributed by atoms with Crippen LogP contribution in [0.2, 0.25) is 0 Å². The quantitative estimate of drug-likeness (QED) is 0.729. The number of fused-ring (bicyclic) bond motifs is 2. The topological polar surface area (TPSA) is 80.1 Å². The number of hydrogen-bond donors (Lipinski definition) is 1. The Hall–Kier alpha value is -3.48. The molecule has 0 saturated carbocycles. The minimum Gasteiger partial charge on any atom is -0.334 e. The van der Waals surface area contributed by atoms with Crippen molar-refractivity contribution >= 4 is 17.5 Å². The zero-order chi connectivity index (χ0) is 20.7. The van der Waals surface area contributed by atoms with Crippen LogP contribution in [0.15, 0.2) is 61.1 Å². The van der Waals surface area contributed by atoms with Gasteiger partial charge in [-0.15, -0.1) is 0 Å². The van der Waals surface area contributed by atoms with Gasteiger partial charge in [0.15, 0.2) is 0 Å². The number of aromatic nitrogens is 3. The number of benzene rings is 1. The van der Waals surface area contributed by atoms with Crippen LogP contribution in [-0.4, -0.2) is 38.0 Å². The van der Waals surface area contributed by atoms with E-state index in [4.69, 9.17) is 0 Å².